The van der Waals surface area contributed by atoms with Crippen molar-refractivity contribution in [3.05, 3.63) is 162 Å². The minimum atomic E-state index is 1.09. The summed E-state index contributed by atoms with van der Waals surface area (Å²) < 4.78 is 1.09. The first-order valence-electron chi connectivity index (χ1n) is 12.7. The first-order chi connectivity index (χ1) is 18.8. The van der Waals surface area contributed by atoms with Gasteiger partial charge < -0.3 is 4.90 Å². The third-order valence-corrected chi connectivity index (χ3v) is 7.29. The summed E-state index contributed by atoms with van der Waals surface area (Å²) >= 11 is 3.53. The molecule has 1 nitrogen and oxygen atoms in total. The molecule has 0 aromatic heterocycles. The monoisotopic (exact) mass is 551 g/mol. The quantitative estimate of drug-likeness (QED) is 0.199. The Morgan fingerprint density at radius 2 is 0.763 bits per heavy atom. The molecule has 6 aromatic rings. The molecule has 0 amide bonds. The lowest BCUT2D eigenvalue weighted by Crippen LogP contribution is -2.11. The number of benzene rings is 6. The van der Waals surface area contributed by atoms with Gasteiger partial charge in [0, 0.05) is 21.4 Å². The minimum absolute atomic E-state index is 1.09. The van der Waals surface area contributed by atoms with Crippen molar-refractivity contribution in [3.8, 4) is 33.4 Å². The number of nitrogens with zero attached hydrogens (tertiary/aromatic N) is 1. The Labute approximate surface area is 232 Å². The molecule has 0 N–H and O–H groups in total. The van der Waals surface area contributed by atoms with Crippen molar-refractivity contribution < 1.29 is 0 Å². The fraction of sp³-hybridized carbons (Fsp3) is 0. The normalized spacial score (nSPS) is 10.8. The molecule has 0 aliphatic carbocycles. The summed E-state index contributed by atoms with van der Waals surface area (Å²) in [6.07, 6.45) is 0. The topological polar surface area (TPSA) is 3.24 Å². The van der Waals surface area contributed by atoms with Gasteiger partial charge in [-0.05, 0) is 70.3 Å². The second-order valence-corrected chi connectivity index (χ2v) is 10.1. The van der Waals surface area contributed by atoms with Gasteiger partial charge in [-0.3, -0.25) is 0 Å². The fourth-order valence-electron chi connectivity index (χ4n) is 4.84. The van der Waals surface area contributed by atoms with E-state index >= 15 is 0 Å². The second kappa shape index (κ2) is 10.9. The first-order valence-corrected chi connectivity index (χ1v) is 13.5. The first kappa shape index (κ1) is 24.0. The summed E-state index contributed by atoms with van der Waals surface area (Å²) in [7, 11) is 0. The van der Waals surface area contributed by atoms with E-state index < -0.39 is 0 Å². The molecule has 0 fully saturated rings. The van der Waals surface area contributed by atoms with Crippen molar-refractivity contribution in [2.24, 2.45) is 0 Å². The summed E-state index contributed by atoms with van der Waals surface area (Å²) in [4.78, 5) is 2.34. The van der Waals surface area contributed by atoms with E-state index in [1.54, 1.807) is 0 Å². The predicted octanol–water partition coefficient (Wildman–Crippen LogP) is 10.9. The lowest BCUT2D eigenvalue weighted by atomic mass is 9.98. The molecule has 0 saturated carbocycles. The van der Waals surface area contributed by atoms with Crippen molar-refractivity contribution in [2.75, 3.05) is 4.90 Å². The molecule has 0 spiro atoms. The SMILES string of the molecule is Brc1ccc(-c2ccc(-c3ccccc3N(c3ccccc3)c3ccc(-c4ccccc4)cc3)cc2)cc1. The van der Waals surface area contributed by atoms with Crippen molar-refractivity contribution in [1.82, 2.24) is 0 Å². The van der Waals surface area contributed by atoms with Crippen molar-refractivity contribution in [2.45, 2.75) is 0 Å². The van der Waals surface area contributed by atoms with Crippen LogP contribution in [0.1, 0.15) is 0 Å². The van der Waals surface area contributed by atoms with E-state index in [1.807, 2.05) is 0 Å². The van der Waals surface area contributed by atoms with Crippen LogP contribution in [0.25, 0.3) is 33.4 Å². The van der Waals surface area contributed by atoms with Gasteiger partial charge in [-0.1, -0.05) is 131 Å². The summed E-state index contributed by atoms with van der Waals surface area (Å²) in [6.45, 7) is 0. The molecule has 6 rings (SSSR count). The Balaban J connectivity index is 1.41. The van der Waals surface area contributed by atoms with E-state index in [0.717, 1.165) is 21.5 Å². The Bertz CT molecular complexity index is 1620. The van der Waals surface area contributed by atoms with Gasteiger partial charge in [-0.2, -0.15) is 0 Å². The summed E-state index contributed by atoms with van der Waals surface area (Å²) in [5, 5.41) is 0. The van der Waals surface area contributed by atoms with Crippen molar-refractivity contribution >= 4 is 33.0 Å². The molecule has 2 heteroatoms. The molecule has 0 aliphatic heterocycles. The highest BCUT2D eigenvalue weighted by atomic mass is 79.9. The van der Waals surface area contributed by atoms with Gasteiger partial charge in [0.2, 0.25) is 0 Å². The van der Waals surface area contributed by atoms with E-state index in [4.69, 9.17) is 0 Å². The number of rotatable bonds is 6. The Morgan fingerprint density at radius 3 is 1.39 bits per heavy atom. The number of halogens is 1. The zero-order valence-corrected chi connectivity index (χ0v) is 22.4. The van der Waals surface area contributed by atoms with Gasteiger partial charge >= 0.3 is 0 Å². The van der Waals surface area contributed by atoms with Gasteiger partial charge in [0.25, 0.3) is 0 Å². The van der Waals surface area contributed by atoms with Crippen LogP contribution in [0.15, 0.2) is 162 Å². The smallest absolute Gasteiger partial charge is 0.0540 e. The highest BCUT2D eigenvalue weighted by Gasteiger charge is 2.17. The molecule has 0 atom stereocenters. The van der Waals surface area contributed by atoms with Crippen molar-refractivity contribution in [1.29, 1.82) is 0 Å². The molecule has 0 saturated heterocycles. The van der Waals surface area contributed by atoms with Gasteiger partial charge in [-0.15, -0.1) is 0 Å². The van der Waals surface area contributed by atoms with E-state index in [9.17, 15) is 0 Å². The van der Waals surface area contributed by atoms with Crippen LogP contribution >= 0.6 is 15.9 Å². The average Bonchev–Trinajstić information content (AvgIpc) is 3.00. The molecule has 0 heterocycles. The van der Waals surface area contributed by atoms with Crippen LogP contribution < -0.4 is 4.90 Å². The van der Waals surface area contributed by atoms with Crippen LogP contribution in [0.2, 0.25) is 0 Å². The largest absolute Gasteiger partial charge is 0.310 e. The van der Waals surface area contributed by atoms with E-state index in [1.165, 1.54) is 33.4 Å². The lowest BCUT2D eigenvalue weighted by molar-refractivity contribution is 1.28. The summed E-state index contributed by atoms with van der Waals surface area (Å²) in [5.41, 5.74) is 10.6. The van der Waals surface area contributed by atoms with Crippen LogP contribution in [0.5, 0.6) is 0 Å². The number of hydrogen-bond donors (Lipinski definition) is 0. The molecule has 38 heavy (non-hydrogen) atoms. The minimum Gasteiger partial charge on any atom is -0.310 e. The van der Waals surface area contributed by atoms with Crippen LogP contribution in [0, 0.1) is 0 Å². The van der Waals surface area contributed by atoms with Gasteiger partial charge in [0.1, 0.15) is 0 Å². The van der Waals surface area contributed by atoms with E-state index in [2.05, 4.69) is 179 Å². The molecule has 6 aromatic carbocycles. The van der Waals surface area contributed by atoms with Crippen LogP contribution in [0.4, 0.5) is 17.1 Å². The predicted molar refractivity (Wildman–Crippen MR) is 165 cm³/mol. The molecule has 0 radical (unpaired) electrons. The molecule has 0 unspecified atom stereocenters. The average molecular weight is 553 g/mol. The Hall–Kier alpha value is -4.40. The van der Waals surface area contributed by atoms with Gasteiger partial charge in [0.15, 0.2) is 0 Å². The van der Waals surface area contributed by atoms with E-state index in [-0.39, 0.29) is 0 Å². The maximum Gasteiger partial charge on any atom is 0.0540 e. The van der Waals surface area contributed by atoms with Gasteiger partial charge in [-0.25, -0.2) is 0 Å². The molecule has 0 bridgehead atoms. The van der Waals surface area contributed by atoms with Crippen LogP contribution in [0.3, 0.4) is 0 Å². The fourth-order valence-corrected chi connectivity index (χ4v) is 5.10. The van der Waals surface area contributed by atoms with Crippen molar-refractivity contribution in [3.63, 3.8) is 0 Å². The molecule has 0 aliphatic rings. The highest BCUT2D eigenvalue weighted by Crippen LogP contribution is 2.41. The molecular formula is C36H26BrN. The standard InChI is InChI=1S/C36H26BrN/c37-32-23-19-29(20-24-32)28-15-17-31(18-16-28)35-13-7-8-14-36(35)38(33-11-5-2-6-12-33)34-25-21-30(22-26-34)27-9-3-1-4-10-27/h1-26H. The van der Waals surface area contributed by atoms with Crippen LogP contribution in [-0.2, 0) is 0 Å². The zero-order chi connectivity index (χ0) is 25.7. The second-order valence-electron chi connectivity index (χ2n) is 9.19. The summed E-state index contributed by atoms with van der Waals surface area (Å²) in [5.74, 6) is 0. The summed E-state index contributed by atoms with van der Waals surface area (Å²) in [6, 6.07) is 55.9. The number of hydrogen-bond acceptors (Lipinski definition) is 1. The van der Waals surface area contributed by atoms with Gasteiger partial charge in [0.05, 0.1) is 5.69 Å². The third-order valence-electron chi connectivity index (χ3n) is 6.77. The van der Waals surface area contributed by atoms with Crippen LogP contribution in [-0.4, -0.2) is 0 Å². The molecular weight excluding hydrogens is 526 g/mol. The van der Waals surface area contributed by atoms with E-state index in [0.29, 0.717) is 0 Å². The zero-order valence-electron chi connectivity index (χ0n) is 20.8. The maximum atomic E-state index is 3.53. The Kier molecular flexibility index (Phi) is 6.89. The Morgan fingerprint density at radius 1 is 0.342 bits per heavy atom. The maximum absolute atomic E-state index is 3.53. The lowest BCUT2D eigenvalue weighted by Gasteiger charge is -2.28. The number of para-hydroxylation sites is 2. The highest BCUT2D eigenvalue weighted by molar-refractivity contribution is 9.10. The number of anilines is 3. The molecule has 182 valence electrons. The third kappa shape index (κ3) is 5.04.